The van der Waals surface area contributed by atoms with Gasteiger partial charge in [0.2, 0.25) is 0 Å². The second-order valence-electron chi connectivity index (χ2n) is 3.28. The molecule has 0 radical (unpaired) electrons. The summed E-state index contributed by atoms with van der Waals surface area (Å²) in [5.41, 5.74) is 0.506. The Morgan fingerprint density at radius 3 is 2.35 bits per heavy atom. The van der Waals surface area contributed by atoms with Crippen LogP contribution in [0.2, 0.25) is 0 Å². The van der Waals surface area contributed by atoms with Gasteiger partial charge in [-0.1, -0.05) is 24.3 Å². The predicted molar refractivity (Wildman–Crippen MR) is 65.5 cm³/mol. The zero-order chi connectivity index (χ0) is 12.1. The highest BCUT2D eigenvalue weighted by molar-refractivity contribution is 7.90. The lowest BCUT2D eigenvalue weighted by Crippen LogP contribution is -1.97. The summed E-state index contributed by atoms with van der Waals surface area (Å²) in [6.07, 6.45) is 2.82. The molecule has 0 aliphatic heterocycles. The van der Waals surface area contributed by atoms with E-state index in [1.165, 1.54) is 18.3 Å². The first-order chi connectivity index (χ1) is 8.18. The number of aromatic nitrogens is 1. The highest BCUT2D eigenvalue weighted by atomic mass is 32.2. The molecule has 1 aromatic heterocycles. The van der Waals surface area contributed by atoms with Crippen LogP contribution in [-0.2, 0) is 10.0 Å². The highest BCUT2D eigenvalue weighted by Gasteiger charge is 2.09. The van der Waals surface area contributed by atoms with Crippen molar-refractivity contribution < 1.29 is 8.42 Å². The lowest BCUT2D eigenvalue weighted by molar-refractivity contribution is 0.598. The number of hydrogen-bond acceptors (Lipinski definition) is 3. The van der Waals surface area contributed by atoms with Crippen LogP contribution in [-0.4, -0.2) is 19.6 Å². The van der Waals surface area contributed by atoms with Gasteiger partial charge in [-0.2, -0.15) is 12.8 Å². The summed E-state index contributed by atoms with van der Waals surface area (Å²) in [7, 11) is -3.63. The third-order valence-corrected chi connectivity index (χ3v) is 3.30. The van der Waals surface area contributed by atoms with Crippen LogP contribution in [0.15, 0.2) is 64.0 Å². The number of pyridine rings is 1. The monoisotopic (exact) mass is 246 g/mol. The van der Waals surface area contributed by atoms with Crippen LogP contribution in [0.25, 0.3) is 0 Å². The average molecular weight is 246 g/mol. The molecule has 5 heteroatoms. The molecule has 0 atom stereocenters. The number of nitrogens with zero attached hydrogens (tertiary/aromatic N) is 2. The molecule has 1 aromatic carbocycles. The Morgan fingerprint density at radius 1 is 1.00 bits per heavy atom. The molecular formula is C12H10N2O2S. The van der Waals surface area contributed by atoms with E-state index < -0.39 is 10.0 Å². The van der Waals surface area contributed by atoms with Crippen LogP contribution in [0.3, 0.4) is 0 Å². The van der Waals surface area contributed by atoms with E-state index in [0.29, 0.717) is 5.69 Å². The Hall–Kier alpha value is -2.01. The molecule has 4 nitrogen and oxygen atoms in total. The lowest BCUT2D eigenvalue weighted by Gasteiger charge is -1.96. The Balaban J connectivity index is 2.28. The van der Waals surface area contributed by atoms with E-state index in [4.69, 9.17) is 0 Å². The second-order valence-corrected chi connectivity index (χ2v) is 4.91. The SMILES string of the molecule is O=S(=O)(/N=C/c1ccccn1)c1ccccc1. The molecule has 0 unspecified atom stereocenters. The maximum atomic E-state index is 11.8. The maximum absolute atomic E-state index is 11.8. The molecule has 1 heterocycles. The topological polar surface area (TPSA) is 59.4 Å². The smallest absolute Gasteiger partial charge is 0.255 e. The quantitative estimate of drug-likeness (QED) is 0.777. The van der Waals surface area contributed by atoms with Gasteiger partial charge in [-0.15, -0.1) is 0 Å². The van der Waals surface area contributed by atoms with Gasteiger partial charge < -0.3 is 0 Å². The Labute approximate surface area is 99.7 Å². The molecule has 0 aliphatic carbocycles. The Kier molecular flexibility index (Phi) is 3.30. The van der Waals surface area contributed by atoms with Crippen molar-refractivity contribution in [2.24, 2.45) is 4.40 Å². The molecule has 0 saturated heterocycles. The van der Waals surface area contributed by atoms with Gasteiger partial charge in [0, 0.05) is 6.20 Å². The van der Waals surface area contributed by atoms with Crippen molar-refractivity contribution in [3.05, 3.63) is 60.4 Å². The lowest BCUT2D eigenvalue weighted by atomic mass is 10.4. The third kappa shape index (κ3) is 2.98. The normalized spacial score (nSPS) is 11.8. The third-order valence-electron chi connectivity index (χ3n) is 2.05. The molecule has 0 spiro atoms. The second kappa shape index (κ2) is 4.88. The number of hydrogen-bond donors (Lipinski definition) is 0. The fourth-order valence-corrected chi connectivity index (χ4v) is 2.10. The first kappa shape index (κ1) is 11.5. The number of benzene rings is 1. The minimum absolute atomic E-state index is 0.173. The van der Waals surface area contributed by atoms with E-state index >= 15 is 0 Å². The molecule has 0 aliphatic rings. The van der Waals surface area contributed by atoms with Gasteiger partial charge in [0.1, 0.15) is 0 Å². The number of sulfonamides is 1. The predicted octanol–water partition coefficient (Wildman–Crippen LogP) is 1.89. The van der Waals surface area contributed by atoms with E-state index in [1.807, 2.05) is 0 Å². The molecule has 0 bridgehead atoms. The van der Waals surface area contributed by atoms with Crippen LogP contribution in [0.4, 0.5) is 0 Å². The summed E-state index contributed by atoms with van der Waals surface area (Å²) in [6, 6.07) is 13.3. The van der Waals surface area contributed by atoms with Gasteiger partial charge >= 0.3 is 0 Å². The molecule has 17 heavy (non-hydrogen) atoms. The summed E-state index contributed by atoms with van der Waals surface area (Å²) in [4.78, 5) is 4.14. The van der Waals surface area contributed by atoms with E-state index in [2.05, 4.69) is 9.38 Å². The zero-order valence-corrected chi connectivity index (χ0v) is 9.71. The van der Waals surface area contributed by atoms with Gasteiger partial charge in [0.25, 0.3) is 10.0 Å². The van der Waals surface area contributed by atoms with Crippen LogP contribution < -0.4 is 0 Å². The minimum atomic E-state index is -3.63. The molecule has 0 N–H and O–H groups in total. The molecular weight excluding hydrogens is 236 g/mol. The van der Waals surface area contributed by atoms with Crippen LogP contribution in [0.5, 0.6) is 0 Å². The van der Waals surface area contributed by atoms with Crippen molar-refractivity contribution in [1.82, 2.24) is 4.98 Å². The van der Waals surface area contributed by atoms with Crippen LogP contribution in [0.1, 0.15) is 5.69 Å². The van der Waals surface area contributed by atoms with E-state index in [9.17, 15) is 8.42 Å². The standard InChI is InChI=1S/C12H10N2O2S/c15-17(16,12-7-2-1-3-8-12)14-10-11-6-4-5-9-13-11/h1-10H/b14-10+. The summed E-state index contributed by atoms with van der Waals surface area (Å²) in [6.45, 7) is 0. The average Bonchev–Trinajstić information content (AvgIpc) is 2.39. The van der Waals surface area contributed by atoms with Gasteiger partial charge in [-0.3, -0.25) is 4.98 Å². The fraction of sp³-hybridized carbons (Fsp3) is 0. The van der Waals surface area contributed by atoms with Crippen molar-refractivity contribution in [3.8, 4) is 0 Å². The Bertz CT molecular complexity index is 607. The summed E-state index contributed by atoms with van der Waals surface area (Å²) < 4.78 is 27.1. The number of rotatable bonds is 3. The van der Waals surface area contributed by atoms with Gasteiger partial charge in [0.15, 0.2) is 0 Å². The van der Waals surface area contributed by atoms with Crippen LogP contribution in [0, 0.1) is 0 Å². The molecule has 2 rings (SSSR count). The van der Waals surface area contributed by atoms with Crippen molar-refractivity contribution in [1.29, 1.82) is 0 Å². The fourth-order valence-electron chi connectivity index (χ4n) is 1.23. The van der Waals surface area contributed by atoms with Gasteiger partial charge in [0.05, 0.1) is 16.8 Å². The summed E-state index contributed by atoms with van der Waals surface area (Å²) >= 11 is 0. The van der Waals surface area contributed by atoms with Crippen molar-refractivity contribution in [3.63, 3.8) is 0 Å². The molecule has 2 aromatic rings. The molecule has 86 valence electrons. The van der Waals surface area contributed by atoms with Gasteiger partial charge in [-0.05, 0) is 24.3 Å². The van der Waals surface area contributed by atoms with Gasteiger partial charge in [-0.25, -0.2) is 0 Å². The first-order valence-corrected chi connectivity index (χ1v) is 6.39. The minimum Gasteiger partial charge on any atom is -0.255 e. The zero-order valence-electron chi connectivity index (χ0n) is 8.89. The summed E-state index contributed by atoms with van der Waals surface area (Å²) in [5, 5.41) is 0. The van der Waals surface area contributed by atoms with Crippen molar-refractivity contribution in [2.45, 2.75) is 4.90 Å². The largest absolute Gasteiger partial charge is 0.282 e. The van der Waals surface area contributed by atoms with Crippen molar-refractivity contribution >= 4 is 16.2 Å². The molecule has 0 saturated carbocycles. The van der Waals surface area contributed by atoms with Crippen molar-refractivity contribution in [2.75, 3.05) is 0 Å². The maximum Gasteiger partial charge on any atom is 0.282 e. The first-order valence-electron chi connectivity index (χ1n) is 4.95. The molecule has 0 fully saturated rings. The highest BCUT2D eigenvalue weighted by Crippen LogP contribution is 2.10. The molecule has 0 amide bonds. The van der Waals surface area contributed by atoms with Crippen LogP contribution >= 0.6 is 0 Å². The van der Waals surface area contributed by atoms with E-state index in [1.54, 1.807) is 42.6 Å². The van der Waals surface area contributed by atoms with E-state index in [0.717, 1.165) is 0 Å². The Morgan fingerprint density at radius 2 is 1.71 bits per heavy atom. The summed E-state index contributed by atoms with van der Waals surface area (Å²) in [5.74, 6) is 0. The van der Waals surface area contributed by atoms with E-state index in [-0.39, 0.29) is 4.90 Å².